The Bertz CT molecular complexity index is 1800. The van der Waals surface area contributed by atoms with Gasteiger partial charge in [-0.1, -0.05) is 48.5 Å². The molecule has 56 heavy (non-hydrogen) atoms. The molecule has 4 N–H and O–H groups in total. The van der Waals surface area contributed by atoms with Crippen LogP contribution in [0.25, 0.3) is 0 Å². The third-order valence-electron chi connectivity index (χ3n) is 7.61. The molecule has 1 fully saturated rings. The van der Waals surface area contributed by atoms with Crippen LogP contribution in [0.2, 0.25) is 0 Å². The number of hydrogen-bond acceptors (Lipinski definition) is 6. The van der Waals surface area contributed by atoms with Crippen LogP contribution in [0, 0.1) is 25.6 Å². The fourth-order valence-corrected chi connectivity index (χ4v) is 6.23. The van der Waals surface area contributed by atoms with E-state index in [9.17, 15) is 9.59 Å². The molecule has 4 aromatic rings. The van der Waals surface area contributed by atoms with Gasteiger partial charge in [0.05, 0.1) is 12.5 Å². The van der Waals surface area contributed by atoms with Crippen molar-refractivity contribution in [1.82, 2.24) is 10.6 Å². The highest BCUT2D eigenvalue weighted by molar-refractivity contribution is 14.1. The molecule has 0 unspecified atom stereocenters. The van der Waals surface area contributed by atoms with Gasteiger partial charge in [0.2, 0.25) is 0 Å². The van der Waals surface area contributed by atoms with E-state index in [4.69, 9.17) is 20.5 Å². The lowest BCUT2D eigenvalue weighted by Gasteiger charge is -2.23. The van der Waals surface area contributed by atoms with E-state index >= 15 is 0 Å². The maximum absolute atomic E-state index is 11.8. The Morgan fingerprint density at radius 1 is 0.643 bits per heavy atom. The monoisotopic (exact) mass is 1210 g/mol. The standard InChI is InChI=1S/C15H20INO2.C13H18INO2.C8H10IN.C8H6IN/c1-14(2,3)19-13(18)17-15(8-9-15)10-11-4-6-12(16)7-5-11;1-13(2,3)17-12(16)15-9-8-10-4-6-11(14)7-5-10;2*9-8-3-1-7(2-4-8)5-6-10/h4-7H,8-10H2,1-3H3,(H,17,18);4-7H,8-9H2,1-3H3,(H,15,16);1-4H,5-6,10H2;1-4H,5H2. The van der Waals surface area contributed by atoms with Crippen molar-refractivity contribution in [2.24, 2.45) is 5.73 Å². The number of benzene rings is 4. The summed E-state index contributed by atoms with van der Waals surface area (Å²) in [6.07, 6.45) is 4.57. The van der Waals surface area contributed by atoms with E-state index in [2.05, 4.69) is 180 Å². The Morgan fingerprint density at radius 2 is 1.02 bits per heavy atom. The molecule has 5 rings (SSSR count). The number of halogens is 4. The van der Waals surface area contributed by atoms with E-state index in [1.54, 1.807) is 0 Å². The number of hydrogen-bond donors (Lipinski definition) is 3. The first-order valence-corrected chi connectivity index (χ1v) is 22.6. The van der Waals surface area contributed by atoms with Crippen molar-refractivity contribution in [3.05, 3.63) is 134 Å². The Hall–Kier alpha value is -2.21. The molecule has 0 atom stereocenters. The molecule has 302 valence electrons. The largest absolute Gasteiger partial charge is 0.444 e. The van der Waals surface area contributed by atoms with E-state index in [-0.39, 0.29) is 17.7 Å². The lowest BCUT2D eigenvalue weighted by molar-refractivity contribution is 0.0492. The second kappa shape index (κ2) is 25.3. The van der Waals surface area contributed by atoms with Gasteiger partial charge < -0.3 is 25.8 Å². The molecule has 0 saturated heterocycles. The van der Waals surface area contributed by atoms with Crippen molar-refractivity contribution in [3.63, 3.8) is 0 Å². The normalized spacial score (nSPS) is 12.4. The van der Waals surface area contributed by atoms with Crippen molar-refractivity contribution in [2.45, 2.75) is 96.8 Å². The second-order valence-electron chi connectivity index (χ2n) is 15.1. The Kier molecular flexibility index (Phi) is 22.6. The Labute approximate surface area is 388 Å². The Morgan fingerprint density at radius 3 is 1.39 bits per heavy atom. The highest BCUT2D eigenvalue weighted by Crippen LogP contribution is 2.39. The number of nitrogens with zero attached hydrogens (tertiary/aromatic N) is 1. The van der Waals surface area contributed by atoms with Gasteiger partial charge in [0.15, 0.2) is 0 Å². The van der Waals surface area contributed by atoms with Crippen LogP contribution in [0.15, 0.2) is 97.1 Å². The molecule has 1 aliphatic carbocycles. The average Bonchev–Trinajstić information content (AvgIpc) is 3.86. The predicted octanol–water partition coefficient (Wildman–Crippen LogP) is 11.4. The number of ether oxygens (including phenoxy) is 2. The van der Waals surface area contributed by atoms with Gasteiger partial charge in [-0.2, -0.15) is 5.26 Å². The van der Waals surface area contributed by atoms with Crippen LogP contribution >= 0.6 is 90.4 Å². The van der Waals surface area contributed by atoms with E-state index in [1.807, 2.05) is 65.8 Å². The van der Waals surface area contributed by atoms with Crippen LogP contribution in [0.1, 0.15) is 76.6 Å². The van der Waals surface area contributed by atoms with Gasteiger partial charge in [0.25, 0.3) is 0 Å². The van der Waals surface area contributed by atoms with Gasteiger partial charge in [0.1, 0.15) is 11.2 Å². The number of rotatable bonds is 9. The van der Waals surface area contributed by atoms with Crippen LogP contribution < -0.4 is 16.4 Å². The molecule has 1 aliphatic rings. The minimum atomic E-state index is -0.441. The molecular weight excluding hydrogens is 1160 g/mol. The molecule has 2 amide bonds. The number of carbonyl (C=O) groups excluding carboxylic acids is 2. The zero-order valence-corrected chi connectivity index (χ0v) is 41.7. The summed E-state index contributed by atoms with van der Waals surface area (Å²) < 4.78 is 15.4. The van der Waals surface area contributed by atoms with Gasteiger partial charge in [0, 0.05) is 26.4 Å². The number of nitrogens with one attached hydrogen (secondary N) is 2. The van der Waals surface area contributed by atoms with Crippen LogP contribution in [0.3, 0.4) is 0 Å². The maximum atomic E-state index is 11.8. The fourth-order valence-electron chi connectivity index (χ4n) is 4.80. The topological polar surface area (TPSA) is 126 Å². The van der Waals surface area contributed by atoms with Gasteiger partial charge in [-0.15, -0.1) is 0 Å². The average molecular weight is 1210 g/mol. The summed E-state index contributed by atoms with van der Waals surface area (Å²) in [6.45, 7) is 12.5. The summed E-state index contributed by atoms with van der Waals surface area (Å²) in [5, 5.41) is 14.1. The molecule has 0 bridgehead atoms. The zero-order valence-electron chi connectivity index (χ0n) is 33.1. The third kappa shape index (κ3) is 23.9. The van der Waals surface area contributed by atoms with Gasteiger partial charge in [-0.3, -0.25) is 0 Å². The molecular formula is C44H54I4N4O4. The number of alkyl carbamates (subject to hydrolysis) is 2. The van der Waals surface area contributed by atoms with Gasteiger partial charge >= 0.3 is 12.2 Å². The third-order valence-corrected chi connectivity index (χ3v) is 10.5. The maximum Gasteiger partial charge on any atom is 0.408 e. The van der Waals surface area contributed by atoms with E-state index < -0.39 is 11.2 Å². The molecule has 1 saturated carbocycles. The Balaban J connectivity index is 0.000000268. The number of nitriles is 1. The SMILES string of the molecule is CC(C)(C)OC(=O)NC1(Cc2ccc(I)cc2)CC1.CC(C)(C)OC(=O)NCCc1ccc(I)cc1.N#CCc1ccc(I)cc1.NCCc1ccc(I)cc1. The number of amides is 2. The van der Waals surface area contributed by atoms with Crippen LogP contribution in [0.5, 0.6) is 0 Å². The first-order valence-electron chi connectivity index (χ1n) is 18.3. The van der Waals surface area contributed by atoms with Crippen molar-refractivity contribution in [2.75, 3.05) is 13.1 Å². The molecule has 0 heterocycles. The van der Waals surface area contributed by atoms with Crippen molar-refractivity contribution in [1.29, 1.82) is 5.26 Å². The molecule has 0 aliphatic heterocycles. The van der Waals surface area contributed by atoms with Gasteiger partial charge in [-0.05, 0) is 241 Å². The molecule has 8 nitrogen and oxygen atoms in total. The van der Waals surface area contributed by atoms with E-state index in [0.717, 1.165) is 44.2 Å². The highest BCUT2D eigenvalue weighted by atomic mass is 127. The minimum absolute atomic E-state index is 0.0882. The summed E-state index contributed by atoms with van der Waals surface area (Å²) in [7, 11) is 0. The minimum Gasteiger partial charge on any atom is -0.444 e. The molecule has 4 aromatic carbocycles. The highest BCUT2D eigenvalue weighted by Gasteiger charge is 2.44. The molecule has 0 spiro atoms. The summed E-state index contributed by atoms with van der Waals surface area (Å²) in [5.41, 5.74) is 9.31. The van der Waals surface area contributed by atoms with Crippen LogP contribution in [-0.2, 0) is 35.2 Å². The summed E-state index contributed by atoms with van der Waals surface area (Å²) in [4.78, 5) is 23.2. The predicted molar refractivity (Wildman–Crippen MR) is 262 cm³/mol. The quantitative estimate of drug-likeness (QED) is 0.143. The fraction of sp³-hybridized carbons (Fsp3) is 0.386. The smallest absolute Gasteiger partial charge is 0.408 e. The number of carbonyl (C=O) groups is 2. The molecule has 0 aromatic heterocycles. The first kappa shape index (κ1) is 49.9. The second-order valence-corrected chi connectivity index (χ2v) is 20.1. The van der Waals surface area contributed by atoms with Gasteiger partial charge in [-0.25, -0.2) is 9.59 Å². The van der Waals surface area contributed by atoms with E-state index in [0.29, 0.717) is 13.0 Å². The summed E-state index contributed by atoms with van der Waals surface area (Å²) in [6, 6.07) is 35.2. The van der Waals surface area contributed by atoms with Crippen molar-refractivity contribution >= 4 is 103 Å². The van der Waals surface area contributed by atoms with E-state index in [1.165, 1.54) is 31.0 Å². The molecule has 0 radical (unpaired) electrons. The summed E-state index contributed by atoms with van der Waals surface area (Å²) >= 11 is 9.10. The lowest BCUT2D eigenvalue weighted by atomic mass is 10.0. The molecule has 12 heteroatoms. The zero-order chi connectivity index (χ0) is 41.8. The van der Waals surface area contributed by atoms with Crippen molar-refractivity contribution in [3.8, 4) is 6.07 Å². The lowest BCUT2D eigenvalue weighted by Crippen LogP contribution is -2.41. The van der Waals surface area contributed by atoms with Crippen LogP contribution in [0.4, 0.5) is 9.59 Å². The first-order chi connectivity index (χ1) is 26.3. The summed E-state index contributed by atoms with van der Waals surface area (Å²) in [5.74, 6) is 0. The van der Waals surface area contributed by atoms with Crippen molar-refractivity contribution < 1.29 is 19.1 Å². The number of nitrogens with two attached hydrogens (primary N) is 1. The van der Waals surface area contributed by atoms with Crippen LogP contribution in [-0.4, -0.2) is 42.0 Å².